The van der Waals surface area contributed by atoms with Crippen molar-refractivity contribution < 1.29 is 5.21 Å². The lowest BCUT2D eigenvalue weighted by Crippen LogP contribution is -2.36. The molecule has 0 bridgehead atoms. The molecule has 1 aliphatic rings. The van der Waals surface area contributed by atoms with Crippen LogP contribution in [0.1, 0.15) is 0 Å². The number of halogens is 1. The Labute approximate surface area is 86.0 Å². The smallest absolute Gasteiger partial charge is 0.170 e. The number of nitrogens with zero attached hydrogens (tertiary/aromatic N) is 1. The van der Waals surface area contributed by atoms with E-state index in [2.05, 4.69) is 0 Å². The van der Waals surface area contributed by atoms with Gasteiger partial charge in [0.15, 0.2) is 11.6 Å². The Morgan fingerprint density at radius 2 is 2.00 bits per heavy atom. The van der Waals surface area contributed by atoms with Crippen molar-refractivity contribution in [2.45, 2.75) is 0 Å². The second-order valence-electron chi connectivity index (χ2n) is 2.88. The van der Waals surface area contributed by atoms with Crippen LogP contribution in [0.15, 0.2) is 35.9 Å². The normalized spacial score (nSPS) is 26.6. The third-order valence-corrected chi connectivity index (χ3v) is 3.06. The minimum absolute atomic E-state index is 0.137. The predicted molar refractivity (Wildman–Crippen MR) is 56.6 cm³/mol. The van der Waals surface area contributed by atoms with Gasteiger partial charge < -0.3 is 0 Å². The minimum atomic E-state index is -0.137. The lowest BCUT2D eigenvalue weighted by atomic mass is 10.3. The molecule has 0 saturated carbocycles. The van der Waals surface area contributed by atoms with Gasteiger partial charge in [-0.3, -0.25) is 0 Å². The highest BCUT2D eigenvalue weighted by molar-refractivity contribution is 8.02. The molecular formula is C9H9ClNOS+. The topological polar surface area (TPSA) is 20.2 Å². The van der Waals surface area contributed by atoms with Gasteiger partial charge in [-0.15, -0.1) is 4.65 Å². The first-order valence-corrected chi connectivity index (χ1v) is 5.29. The Bertz CT molecular complexity index is 338. The van der Waals surface area contributed by atoms with Crippen LogP contribution < -0.4 is 4.65 Å². The van der Waals surface area contributed by atoms with Gasteiger partial charge >= 0.3 is 0 Å². The molecule has 1 aromatic rings. The summed E-state index contributed by atoms with van der Waals surface area (Å²) in [4.78, 5) is 0. The molecule has 1 aromatic carbocycles. The summed E-state index contributed by atoms with van der Waals surface area (Å²) < 4.78 is -0.137. The number of thioether (sulfide) groups is 1. The predicted octanol–water partition coefficient (Wildman–Crippen LogP) is 3.21. The number of benzene rings is 1. The Kier molecular flexibility index (Phi) is 2.34. The van der Waals surface area contributed by atoms with Crippen LogP contribution in [0, 0.1) is 0 Å². The molecule has 0 radical (unpaired) electrons. The van der Waals surface area contributed by atoms with E-state index in [1.807, 2.05) is 17.5 Å². The molecule has 0 spiro atoms. The van der Waals surface area contributed by atoms with Crippen LogP contribution in [0.25, 0.3) is 0 Å². The van der Waals surface area contributed by atoms with Crippen LogP contribution in [-0.2, 0) is 0 Å². The second kappa shape index (κ2) is 3.35. The quantitative estimate of drug-likeness (QED) is 0.725. The van der Waals surface area contributed by atoms with Crippen LogP contribution in [0.4, 0.5) is 5.69 Å². The number of hydrogen-bond acceptors (Lipinski definition) is 2. The Balaban J connectivity index is 2.35. The van der Waals surface area contributed by atoms with E-state index >= 15 is 0 Å². The molecule has 68 valence electrons. The molecule has 13 heavy (non-hydrogen) atoms. The van der Waals surface area contributed by atoms with Crippen molar-refractivity contribution in [1.29, 1.82) is 0 Å². The van der Waals surface area contributed by atoms with E-state index in [-0.39, 0.29) is 4.65 Å². The molecule has 1 N–H and O–H groups in total. The van der Waals surface area contributed by atoms with Crippen LogP contribution in [0.5, 0.6) is 0 Å². The summed E-state index contributed by atoms with van der Waals surface area (Å²) in [5.74, 6) is 0.627. The molecule has 0 amide bonds. The number of quaternary nitrogens is 1. The number of hydrogen-bond donors (Lipinski definition) is 1. The summed E-state index contributed by atoms with van der Waals surface area (Å²) in [5, 5.41) is 12.6. The summed E-state index contributed by atoms with van der Waals surface area (Å²) in [6.45, 7) is 0. The largest absolute Gasteiger partial charge is 0.206 e. The SMILES string of the molecule is O[N+]1(c2ccc(Cl)cc2)C=CSC1. The van der Waals surface area contributed by atoms with Gasteiger partial charge in [0, 0.05) is 22.6 Å². The average molecular weight is 215 g/mol. The fourth-order valence-corrected chi connectivity index (χ4v) is 2.17. The van der Waals surface area contributed by atoms with Crippen LogP contribution in [-0.4, -0.2) is 11.1 Å². The molecule has 1 aliphatic heterocycles. The fraction of sp³-hybridized carbons (Fsp3) is 0.111. The Morgan fingerprint density at radius 3 is 2.54 bits per heavy atom. The molecule has 2 rings (SSSR count). The summed E-state index contributed by atoms with van der Waals surface area (Å²) in [6, 6.07) is 7.23. The third-order valence-electron chi connectivity index (χ3n) is 1.95. The molecule has 1 heterocycles. The van der Waals surface area contributed by atoms with Gasteiger partial charge in [-0.25, -0.2) is 5.21 Å². The van der Waals surface area contributed by atoms with E-state index < -0.39 is 0 Å². The van der Waals surface area contributed by atoms with Gasteiger partial charge in [0.1, 0.15) is 6.20 Å². The zero-order valence-corrected chi connectivity index (χ0v) is 8.42. The molecule has 2 nitrogen and oxygen atoms in total. The molecule has 0 aliphatic carbocycles. The number of hydroxylamine groups is 2. The van der Waals surface area contributed by atoms with E-state index in [0.29, 0.717) is 10.9 Å². The lowest BCUT2D eigenvalue weighted by Gasteiger charge is -2.20. The summed E-state index contributed by atoms with van der Waals surface area (Å²) in [6.07, 6.45) is 1.76. The van der Waals surface area contributed by atoms with Crippen molar-refractivity contribution >= 4 is 29.1 Å². The molecule has 4 heteroatoms. The highest BCUT2D eigenvalue weighted by Crippen LogP contribution is 2.30. The monoisotopic (exact) mass is 214 g/mol. The molecule has 0 aromatic heterocycles. The standard InChI is InChI=1S/C9H9ClNOS/c10-8-1-3-9(4-2-8)11(12)5-6-13-7-11/h1-6,12H,7H2/q+1. The van der Waals surface area contributed by atoms with Gasteiger partial charge in [-0.1, -0.05) is 23.4 Å². The first kappa shape index (κ1) is 9.09. The van der Waals surface area contributed by atoms with Crippen molar-refractivity contribution in [1.82, 2.24) is 4.65 Å². The van der Waals surface area contributed by atoms with Crippen molar-refractivity contribution in [2.24, 2.45) is 0 Å². The van der Waals surface area contributed by atoms with E-state index in [1.54, 1.807) is 30.1 Å². The Hall–Kier alpha value is -0.480. The second-order valence-corrected chi connectivity index (χ2v) is 4.18. The van der Waals surface area contributed by atoms with Crippen molar-refractivity contribution in [3.8, 4) is 0 Å². The van der Waals surface area contributed by atoms with Crippen molar-refractivity contribution in [2.75, 3.05) is 5.88 Å². The highest BCUT2D eigenvalue weighted by Gasteiger charge is 2.29. The average Bonchev–Trinajstić information content (AvgIpc) is 2.54. The Morgan fingerprint density at radius 1 is 1.31 bits per heavy atom. The zero-order chi connectivity index (χ0) is 9.31. The van der Waals surface area contributed by atoms with E-state index in [1.165, 1.54) is 0 Å². The first-order valence-electron chi connectivity index (χ1n) is 3.87. The minimum Gasteiger partial charge on any atom is -0.206 e. The van der Waals surface area contributed by atoms with E-state index in [0.717, 1.165) is 5.69 Å². The molecule has 1 atom stereocenters. The van der Waals surface area contributed by atoms with Crippen molar-refractivity contribution in [3.05, 3.63) is 40.9 Å². The highest BCUT2D eigenvalue weighted by atomic mass is 35.5. The van der Waals surface area contributed by atoms with Crippen LogP contribution in [0.2, 0.25) is 5.02 Å². The van der Waals surface area contributed by atoms with Crippen LogP contribution >= 0.6 is 23.4 Å². The van der Waals surface area contributed by atoms with Crippen molar-refractivity contribution in [3.63, 3.8) is 0 Å². The number of rotatable bonds is 1. The summed E-state index contributed by atoms with van der Waals surface area (Å²) in [5.41, 5.74) is 0.839. The molecule has 0 fully saturated rings. The van der Waals surface area contributed by atoms with Gasteiger partial charge in [0.05, 0.1) is 0 Å². The first-order chi connectivity index (χ1) is 6.21. The maximum Gasteiger partial charge on any atom is 0.170 e. The lowest BCUT2D eigenvalue weighted by molar-refractivity contribution is -0.00909. The maximum atomic E-state index is 10.0. The molecule has 1 unspecified atom stereocenters. The van der Waals surface area contributed by atoms with Gasteiger partial charge in [-0.2, -0.15) is 0 Å². The summed E-state index contributed by atoms with van der Waals surface area (Å²) in [7, 11) is 0. The fourth-order valence-electron chi connectivity index (χ4n) is 1.20. The van der Waals surface area contributed by atoms with Gasteiger partial charge in [0.2, 0.25) is 0 Å². The van der Waals surface area contributed by atoms with Crippen LogP contribution in [0.3, 0.4) is 0 Å². The van der Waals surface area contributed by atoms with E-state index in [4.69, 9.17) is 11.6 Å². The maximum absolute atomic E-state index is 10.0. The van der Waals surface area contributed by atoms with Gasteiger partial charge in [0.25, 0.3) is 0 Å². The van der Waals surface area contributed by atoms with Gasteiger partial charge in [-0.05, 0) is 12.1 Å². The zero-order valence-electron chi connectivity index (χ0n) is 6.85. The molecule has 0 saturated heterocycles. The van der Waals surface area contributed by atoms with E-state index in [9.17, 15) is 5.21 Å². The molecular weight excluding hydrogens is 206 g/mol. The summed E-state index contributed by atoms with van der Waals surface area (Å²) >= 11 is 7.34. The third kappa shape index (κ3) is 1.74.